The molecule has 1 atom stereocenters. The van der Waals surface area contributed by atoms with Gasteiger partial charge in [0.15, 0.2) is 0 Å². The summed E-state index contributed by atoms with van der Waals surface area (Å²) >= 11 is 1.55. The van der Waals surface area contributed by atoms with E-state index in [1.807, 2.05) is 35.8 Å². The first kappa shape index (κ1) is 18.3. The van der Waals surface area contributed by atoms with E-state index in [1.54, 1.807) is 11.3 Å². The zero-order valence-electron chi connectivity index (χ0n) is 13.2. The van der Waals surface area contributed by atoms with Gasteiger partial charge < -0.3 is 15.5 Å². The highest BCUT2D eigenvalue weighted by Gasteiger charge is 2.33. The third kappa shape index (κ3) is 4.72. The van der Waals surface area contributed by atoms with Crippen LogP contribution in [-0.2, 0) is 6.18 Å². The van der Waals surface area contributed by atoms with Gasteiger partial charge in [0.2, 0.25) is 0 Å². The fourth-order valence-electron chi connectivity index (χ4n) is 2.26. The molecule has 1 aromatic carbocycles. The van der Waals surface area contributed by atoms with Gasteiger partial charge in [0.05, 0.1) is 17.3 Å². The van der Waals surface area contributed by atoms with Crippen LogP contribution in [0.2, 0.25) is 0 Å². The van der Waals surface area contributed by atoms with Crippen LogP contribution in [0.15, 0.2) is 41.1 Å². The molecule has 130 valence electrons. The number of carbonyl (C=O) groups is 1. The van der Waals surface area contributed by atoms with Crippen LogP contribution in [0.5, 0.6) is 0 Å². The van der Waals surface area contributed by atoms with Crippen molar-refractivity contribution >= 4 is 23.1 Å². The quantitative estimate of drug-likeness (QED) is 0.843. The fraction of sp³-hybridized carbons (Fsp3) is 0.312. The van der Waals surface area contributed by atoms with Crippen LogP contribution < -0.4 is 10.6 Å². The summed E-state index contributed by atoms with van der Waals surface area (Å²) in [5.41, 5.74) is -0.0948. The zero-order chi connectivity index (χ0) is 17.7. The second kappa shape index (κ2) is 7.67. The molecule has 0 radical (unpaired) electrons. The molecule has 0 aliphatic rings. The lowest BCUT2D eigenvalue weighted by molar-refractivity contribution is -0.136. The molecule has 0 unspecified atom stereocenters. The largest absolute Gasteiger partial charge is 0.418 e. The van der Waals surface area contributed by atoms with Gasteiger partial charge in [-0.05, 0) is 48.6 Å². The highest BCUT2D eigenvalue weighted by molar-refractivity contribution is 7.07. The molecule has 0 fully saturated rings. The molecule has 2 N–H and O–H groups in total. The first-order valence-electron chi connectivity index (χ1n) is 7.18. The number of benzene rings is 1. The number of carbonyl (C=O) groups excluding carboxylic acids is 1. The number of likely N-dealkylation sites (N-methyl/N-ethyl adjacent to an activating group) is 1. The van der Waals surface area contributed by atoms with Crippen molar-refractivity contribution in [3.05, 3.63) is 52.2 Å². The smallest absolute Gasteiger partial charge is 0.336 e. The summed E-state index contributed by atoms with van der Waals surface area (Å²) in [7, 11) is 3.75. The van der Waals surface area contributed by atoms with Gasteiger partial charge in [-0.3, -0.25) is 0 Å². The molecular weight excluding hydrogens is 339 g/mol. The molecule has 0 saturated heterocycles. The Morgan fingerprint density at radius 2 is 1.96 bits per heavy atom. The van der Waals surface area contributed by atoms with E-state index < -0.39 is 17.8 Å². The number of anilines is 1. The lowest BCUT2D eigenvalue weighted by Gasteiger charge is -2.24. The Kier molecular flexibility index (Phi) is 5.84. The van der Waals surface area contributed by atoms with Crippen LogP contribution in [0, 0.1) is 0 Å². The molecule has 1 aromatic heterocycles. The Labute approximate surface area is 142 Å². The third-order valence-corrected chi connectivity index (χ3v) is 4.19. The summed E-state index contributed by atoms with van der Waals surface area (Å²) in [5, 5.41) is 8.81. The maximum Gasteiger partial charge on any atom is 0.418 e. The molecule has 2 amide bonds. The second-order valence-electron chi connectivity index (χ2n) is 5.41. The molecule has 0 aliphatic heterocycles. The molecule has 24 heavy (non-hydrogen) atoms. The number of alkyl halides is 3. The third-order valence-electron chi connectivity index (χ3n) is 3.49. The summed E-state index contributed by atoms with van der Waals surface area (Å²) in [4.78, 5) is 13.9. The summed E-state index contributed by atoms with van der Waals surface area (Å²) < 4.78 is 38.8. The van der Waals surface area contributed by atoms with Crippen molar-refractivity contribution in [2.24, 2.45) is 0 Å². The van der Waals surface area contributed by atoms with E-state index in [2.05, 4.69) is 10.6 Å². The van der Waals surface area contributed by atoms with Gasteiger partial charge in [0, 0.05) is 6.54 Å². The Morgan fingerprint density at radius 3 is 2.54 bits per heavy atom. The summed E-state index contributed by atoms with van der Waals surface area (Å²) in [6.07, 6.45) is -4.52. The number of thiophene rings is 1. The minimum atomic E-state index is -4.52. The molecule has 0 saturated carbocycles. The molecule has 1 heterocycles. The van der Waals surface area contributed by atoms with Gasteiger partial charge in [-0.1, -0.05) is 12.1 Å². The standard InChI is InChI=1S/C16H18F3N3OS/c1-22(2)14(11-7-8-24-10-11)9-20-15(23)21-13-6-4-3-5-12(13)16(17,18)19/h3-8,10,14H,9H2,1-2H3,(H2,20,21,23)/t14-/m1/s1. The maximum absolute atomic E-state index is 12.9. The number of rotatable bonds is 5. The Bertz CT molecular complexity index is 671. The van der Waals surface area contributed by atoms with Crippen LogP contribution in [-0.4, -0.2) is 31.6 Å². The van der Waals surface area contributed by atoms with Crippen molar-refractivity contribution in [2.45, 2.75) is 12.2 Å². The van der Waals surface area contributed by atoms with Crippen molar-refractivity contribution in [2.75, 3.05) is 26.0 Å². The van der Waals surface area contributed by atoms with Gasteiger partial charge in [0.25, 0.3) is 0 Å². The number of amides is 2. The second-order valence-corrected chi connectivity index (χ2v) is 6.19. The van der Waals surface area contributed by atoms with Crippen molar-refractivity contribution in [1.29, 1.82) is 0 Å². The molecule has 0 spiro atoms. The van der Waals surface area contributed by atoms with Crippen LogP contribution in [0.4, 0.5) is 23.7 Å². The van der Waals surface area contributed by atoms with Crippen LogP contribution in [0.3, 0.4) is 0 Å². The lowest BCUT2D eigenvalue weighted by Crippen LogP contribution is -2.37. The van der Waals surface area contributed by atoms with Crippen molar-refractivity contribution in [3.63, 3.8) is 0 Å². The molecule has 2 aromatic rings. The highest BCUT2D eigenvalue weighted by Crippen LogP contribution is 2.34. The number of para-hydroxylation sites is 1. The minimum absolute atomic E-state index is 0.0557. The predicted molar refractivity (Wildman–Crippen MR) is 89.2 cm³/mol. The monoisotopic (exact) mass is 357 g/mol. The Balaban J connectivity index is 2.01. The van der Waals surface area contributed by atoms with E-state index in [0.29, 0.717) is 0 Å². The minimum Gasteiger partial charge on any atom is -0.336 e. The molecular formula is C16H18F3N3OS. The Morgan fingerprint density at radius 1 is 1.25 bits per heavy atom. The number of nitrogens with zero attached hydrogens (tertiary/aromatic N) is 1. The zero-order valence-corrected chi connectivity index (χ0v) is 14.0. The average molecular weight is 357 g/mol. The SMILES string of the molecule is CN(C)[C@H](CNC(=O)Nc1ccccc1C(F)(F)F)c1ccsc1. The number of hydrogen-bond acceptors (Lipinski definition) is 3. The first-order valence-corrected chi connectivity index (χ1v) is 8.13. The number of halogens is 3. The van der Waals surface area contributed by atoms with E-state index in [4.69, 9.17) is 0 Å². The summed E-state index contributed by atoms with van der Waals surface area (Å²) in [6, 6.07) is 6.11. The normalized spacial score (nSPS) is 12.9. The van der Waals surface area contributed by atoms with Crippen molar-refractivity contribution in [3.8, 4) is 0 Å². The van der Waals surface area contributed by atoms with E-state index >= 15 is 0 Å². The average Bonchev–Trinajstić information content (AvgIpc) is 3.00. The lowest BCUT2D eigenvalue weighted by atomic mass is 10.1. The van der Waals surface area contributed by atoms with E-state index in [0.717, 1.165) is 11.6 Å². The first-order chi connectivity index (χ1) is 11.3. The number of urea groups is 1. The maximum atomic E-state index is 12.9. The summed E-state index contributed by atoms with van der Waals surface area (Å²) in [6.45, 7) is 0.281. The number of nitrogens with one attached hydrogen (secondary N) is 2. The number of hydrogen-bond donors (Lipinski definition) is 2. The van der Waals surface area contributed by atoms with Crippen LogP contribution in [0.1, 0.15) is 17.2 Å². The molecule has 2 rings (SSSR count). The van der Waals surface area contributed by atoms with Gasteiger partial charge in [-0.15, -0.1) is 0 Å². The highest BCUT2D eigenvalue weighted by atomic mass is 32.1. The summed E-state index contributed by atoms with van der Waals surface area (Å²) in [5.74, 6) is 0. The van der Waals surface area contributed by atoms with Gasteiger partial charge >= 0.3 is 12.2 Å². The fourth-order valence-corrected chi connectivity index (χ4v) is 2.97. The van der Waals surface area contributed by atoms with Crippen molar-refractivity contribution in [1.82, 2.24) is 10.2 Å². The van der Waals surface area contributed by atoms with Crippen molar-refractivity contribution < 1.29 is 18.0 Å². The molecule has 0 aliphatic carbocycles. The molecule has 8 heteroatoms. The van der Waals surface area contributed by atoms with Crippen LogP contribution in [0.25, 0.3) is 0 Å². The Hall–Kier alpha value is -2.06. The van der Waals surface area contributed by atoms with Crippen LogP contribution >= 0.6 is 11.3 Å². The van der Waals surface area contributed by atoms with E-state index in [-0.39, 0.29) is 18.3 Å². The van der Waals surface area contributed by atoms with Gasteiger partial charge in [-0.2, -0.15) is 24.5 Å². The topological polar surface area (TPSA) is 44.4 Å². The molecule has 4 nitrogen and oxygen atoms in total. The van der Waals surface area contributed by atoms with Gasteiger partial charge in [0.1, 0.15) is 0 Å². The van der Waals surface area contributed by atoms with E-state index in [1.165, 1.54) is 18.2 Å². The van der Waals surface area contributed by atoms with Gasteiger partial charge in [-0.25, -0.2) is 4.79 Å². The predicted octanol–water partition coefficient (Wildman–Crippen LogP) is 4.19. The van der Waals surface area contributed by atoms with E-state index in [9.17, 15) is 18.0 Å². The molecule has 0 bridgehead atoms.